The van der Waals surface area contributed by atoms with Crippen molar-refractivity contribution >= 4 is 15.9 Å². The van der Waals surface area contributed by atoms with Gasteiger partial charge in [0.2, 0.25) is 0 Å². The molecule has 0 amide bonds. The smallest absolute Gasteiger partial charge is 0.118 e. The number of rotatable bonds is 8. The molecule has 1 aromatic rings. The third kappa shape index (κ3) is 4.19. The summed E-state index contributed by atoms with van der Waals surface area (Å²) < 4.78 is 21.8. The maximum Gasteiger partial charge on any atom is 0.118 e. The van der Waals surface area contributed by atoms with Crippen molar-refractivity contribution in [1.82, 2.24) is 0 Å². The number of alkyl halides is 1. The van der Waals surface area contributed by atoms with Crippen molar-refractivity contribution in [2.45, 2.75) is 30.1 Å². The van der Waals surface area contributed by atoms with Gasteiger partial charge in [0, 0.05) is 11.9 Å². The Morgan fingerprint density at radius 2 is 1.85 bits per heavy atom. The summed E-state index contributed by atoms with van der Waals surface area (Å²) in [5, 5.41) is 0. The summed E-state index contributed by atoms with van der Waals surface area (Å²) in [7, 11) is 3.34. The molecule has 5 heteroatoms. The minimum atomic E-state index is 0.114. The highest BCUT2D eigenvalue weighted by Crippen LogP contribution is 2.33. The molecule has 0 radical (unpaired) electrons. The summed E-state index contributed by atoms with van der Waals surface area (Å²) in [6.07, 6.45) is 1.25. The molecule has 0 heterocycles. The van der Waals surface area contributed by atoms with Gasteiger partial charge in [-0.05, 0) is 24.1 Å². The van der Waals surface area contributed by atoms with Gasteiger partial charge in [-0.15, -0.1) is 0 Å². The van der Waals surface area contributed by atoms with Crippen LogP contribution in [0.1, 0.15) is 12.0 Å². The van der Waals surface area contributed by atoms with Crippen molar-refractivity contribution in [2.24, 2.45) is 0 Å². The van der Waals surface area contributed by atoms with Crippen LogP contribution in [-0.4, -0.2) is 44.5 Å². The molecule has 2 rings (SSSR count). The lowest BCUT2D eigenvalue weighted by atomic mass is 9.91. The molecular weight excluding hydrogens is 324 g/mol. The zero-order valence-corrected chi connectivity index (χ0v) is 13.5. The van der Waals surface area contributed by atoms with Crippen molar-refractivity contribution in [1.29, 1.82) is 0 Å². The molecule has 4 nitrogen and oxygen atoms in total. The molecule has 1 aromatic carbocycles. The Hall–Kier alpha value is -0.620. The lowest BCUT2D eigenvalue weighted by molar-refractivity contribution is -0.132. The van der Waals surface area contributed by atoms with Gasteiger partial charge in [-0.1, -0.05) is 28.1 Å². The third-order valence-electron chi connectivity index (χ3n) is 3.40. The Kier molecular flexibility index (Phi) is 6.29. The predicted octanol–water partition coefficient (Wildman–Crippen LogP) is 2.78. The first-order valence-electron chi connectivity index (χ1n) is 6.73. The average Bonchev–Trinajstić information content (AvgIpc) is 2.48. The standard InChI is InChI=1S/C15H21BrO4/c1-17-7-8-19-15-13(16)9-14(15)20-10-11-3-5-12(18-2)6-4-11/h3-6,13-15H,7-10H2,1-2H3. The molecule has 0 spiro atoms. The van der Waals surface area contributed by atoms with Crippen LogP contribution in [-0.2, 0) is 20.8 Å². The van der Waals surface area contributed by atoms with Gasteiger partial charge in [0.15, 0.2) is 0 Å². The molecule has 112 valence electrons. The lowest BCUT2D eigenvalue weighted by Gasteiger charge is -2.40. The van der Waals surface area contributed by atoms with E-state index in [2.05, 4.69) is 15.9 Å². The van der Waals surface area contributed by atoms with Gasteiger partial charge in [0.25, 0.3) is 0 Å². The van der Waals surface area contributed by atoms with Crippen molar-refractivity contribution in [3.8, 4) is 5.75 Å². The van der Waals surface area contributed by atoms with E-state index in [4.69, 9.17) is 18.9 Å². The number of methoxy groups -OCH3 is 2. The van der Waals surface area contributed by atoms with Crippen LogP contribution in [0.15, 0.2) is 24.3 Å². The van der Waals surface area contributed by atoms with Crippen LogP contribution >= 0.6 is 15.9 Å². The topological polar surface area (TPSA) is 36.9 Å². The Morgan fingerprint density at radius 3 is 2.45 bits per heavy atom. The van der Waals surface area contributed by atoms with E-state index in [0.29, 0.717) is 24.6 Å². The van der Waals surface area contributed by atoms with Crippen LogP contribution in [0.3, 0.4) is 0 Å². The Bertz CT molecular complexity index is 395. The molecule has 0 aromatic heterocycles. The molecule has 0 saturated heterocycles. The third-order valence-corrected chi connectivity index (χ3v) is 4.30. The zero-order chi connectivity index (χ0) is 14.4. The zero-order valence-electron chi connectivity index (χ0n) is 11.9. The predicted molar refractivity (Wildman–Crippen MR) is 80.5 cm³/mol. The molecule has 3 unspecified atom stereocenters. The van der Waals surface area contributed by atoms with Gasteiger partial charge in [0.05, 0.1) is 39.1 Å². The fourth-order valence-corrected chi connectivity index (χ4v) is 2.96. The van der Waals surface area contributed by atoms with Crippen LogP contribution in [0.5, 0.6) is 5.75 Å². The first-order valence-corrected chi connectivity index (χ1v) is 7.65. The van der Waals surface area contributed by atoms with Gasteiger partial charge < -0.3 is 18.9 Å². The summed E-state index contributed by atoms with van der Waals surface area (Å²) in [5.74, 6) is 0.860. The number of ether oxygens (including phenoxy) is 4. The van der Waals surface area contributed by atoms with E-state index in [0.717, 1.165) is 17.7 Å². The summed E-state index contributed by atoms with van der Waals surface area (Å²) >= 11 is 3.60. The van der Waals surface area contributed by atoms with Crippen molar-refractivity contribution in [3.05, 3.63) is 29.8 Å². The quantitative estimate of drug-likeness (QED) is 0.536. The SMILES string of the molecule is COCCOC1C(Br)CC1OCc1ccc(OC)cc1. The Balaban J connectivity index is 1.75. The second-order valence-electron chi connectivity index (χ2n) is 4.78. The van der Waals surface area contributed by atoms with E-state index < -0.39 is 0 Å². The van der Waals surface area contributed by atoms with Crippen LogP contribution in [0, 0.1) is 0 Å². The minimum Gasteiger partial charge on any atom is -0.497 e. The largest absolute Gasteiger partial charge is 0.497 e. The molecule has 3 atom stereocenters. The fraction of sp³-hybridized carbons (Fsp3) is 0.600. The number of hydrogen-bond acceptors (Lipinski definition) is 4. The number of benzene rings is 1. The molecule has 1 aliphatic carbocycles. The van der Waals surface area contributed by atoms with Crippen molar-refractivity contribution < 1.29 is 18.9 Å². The van der Waals surface area contributed by atoms with E-state index in [9.17, 15) is 0 Å². The van der Waals surface area contributed by atoms with E-state index >= 15 is 0 Å². The van der Waals surface area contributed by atoms with Gasteiger partial charge in [0.1, 0.15) is 5.75 Å². The monoisotopic (exact) mass is 344 g/mol. The van der Waals surface area contributed by atoms with E-state index in [1.165, 1.54) is 0 Å². The maximum atomic E-state index is 5.91. The summed E-state index contributed by atoms with van der Waals surface area (Å²) in [4.78, 5) is 0.375. The average molecular weight is 345 g/mol. The summed E-state index contributed by atoms with van der Waals surface area (Å²) in [6, 6.07) is 7.92. The Morgan fingerprint density at radius 1 is 1.10 bits per heavy atom. The van der Waals surface area contributed by atoms with Gasteiger partial charge in [-0.3, -0.25) is 0 Å². The Labute approximate surface area is 128 Å². The van der Waals surface area contributed by atoms with Crippen LogP contribution in [0.25, 0.3) is 0 Å². The normalized spacial score (nSPS) is 25.2. The van der Waals surface area contributed by atoms with E-state index in [1.54, 1.807) is 14.2 Å². The summed E-state index contributed by atoms with van der Waals surface area (Å²) in [5.41, 5.74) is 1.14. The molecule has 0 aliphatic heterocycles. The van der Waals surface area contributed by atoms with Crippen LogP contribution in [0.4, 0.5) is 0 Å². The molecule has 1 saturated carbocycles. The summed E-state index contributed by atoms with van der Waals surface area (Å²) in [6.45, 7) is 1.81. The first kappa shape index (κ1) is 15.8. The second-order valence-corrected chi connectivity index (χ2v) is 5.95. The fourth-order valence-electron chi connectivity index (χ4n) is 2.09. The van der Waals surface area contributed by atoms with Crippen LogP contribution in [0.2, 0.25) is 0 Å². The lowest BCUT2D eigenvalue weighted by Crippen LogP contribution is -2.51. The van der Waals surface area contributed by atoms with Gasteiger partial charge in [-0.25, -0.2) is 0 Å². The molecule has 0 bridgehead atoms. The van der Waals surface area contributed by atoms with E-state index in [-0.39, 0.29) is 12.2 Å². The number of halogens is 1. The van der Waals surface area contributed by atoms with Gasteiger partial charge in [-0.2, -0.15) is 0 Å². The van der Waals surface area contributed by atoms with Crippen molar-refractivity contribution in [3.63, 3.8) is 0 Å². The molecule has 1 fully saturated rings. The first-order chi connectivity index (χ1) is 9.74. The van der Waals surface area contributed by atoms with E-state index in [1.807, 2.05) is 24.3 Å². The molecular formula is C15H21BrO4. The molecule has 0 N–H and O–H groups in total. The highest BCUT2D eigenvalue weighted by Gasteiger charge is 2.41. The molecule has 1 aliphatic rings. The van der Waals surface area contributed by atoms with Crippen molar-refractivity contribution in [2.75, 3.05) is 27.4 Å². The highest BCUT2D eigenvalue weighted by atomic mass is 79.9. The molecule has 20 heavy (non-hydrogen) atoms. The van der Waals surface area contributed by atoms with Crippen LogP contribution < -0.4 is 4.74 Å². The minimum absolute atomic E-state index is 0.114. The maximum absolute atomic E-state index is 5.91. The second kappa shape index (κ2) is 7.98. The highest BCUT2D eigenvalue weighted by molar-refractivity contribution is 9.09. The van der Waals surface area contributed by atoms with Gasteiger partial charge >= 0.3 is 0 Å². The number of hydrogen-bond donors (Lipinski definition) is 0.